The van der Waals surface area contributed by atoms with Crippen molar-refractivity contribution >= 4 is 28.5 Å². The molecule has 100 valence electrons. The van der Waals surface area contributed by atoms with Crippen LogP contribution in [0.25, 0.3) is 0 Å². The number of hydrogen-bond acceptors (Lipinski definition) is 7. The van der Waals surface area contributed by atoms with Gasteiger partial charge in [0.1, 0.15) is 18.2 Å². The van der Waals surface area contributed by atoms with Crippen LogP contribution in [0.5, 0.6) is 5.75 Å². The van der Waals surface area contributed by atoms with E-state index in [4.69, 9.17) is 15.6 Å². The highest BCUT2D eigenvalue weighted by Gasteiger charge is 2.00. The van der Waals surface area contributed by atoms with E-state index in [1.54, 1.807) is 11.6 Å². The molecule has 0 spiro atoms. The zero-order chi connectivity index (χ0) is 13.5. The van der Waals surface area contributed by atoms with Gasteiger partial charge in [-0.25, -0.2) is 4.98 Å². The van der Waals surface area contributed by atoms with Crippen molar-refractivity contribution in [1.29, 1.82) is 0 Å². The Labute approximate surface area is 114 Å². The molecule has 0 saturated heterocycles. The number of hydrogen-bond donors (Lipinski definition) is 3. The Balaban J connectivity index is 2.01. The fourth-order valence-electron chi connectivity index (χ4n) is 1.37. The molecule has 0 aliphatic carbocycles. The molecular formula is C12H14N4O2S. The number of nitrogens with two attached hydrogens (primary N) is 1. The molecule has 0 radical (unpaired) electrons. The van der Waals surface area contributed by atoms with Crippen molar-refractivity contribution < 1.29 is 9.84 Å². The molecule has 2 rings (SSSR count). The summed E-state index contributed by atoms with van der Waals surface area (Å²) in [6.07, 6.45) is 1.63. The number of thiazole rings is 1. The van der Waals surface area contributed by atoms with E-state index in [2.05, 4.69) is 15.5 Å². The highest BCUT2D eigenvalue weighted by atomic mass is 32.1. The fraction of sp³-hybridized carbons (Fsp3) is 0.167. The lowest BCUT2D eigenvalue weighted by Gasteiger charge is -2.06. The molecule has 1 aromatic carbocycles. The standard InChI is InChI=1S/C12H14N4O2S/c13-11-8-19-12(15-11)16-14-7-9-3-1-2-4-10(9)18-6-5-17/h1-4,7-8,17H,5-6,13H2,(H,15,16). The topological polar surface area (TPSA) is 92.8 Å². The van der Waals surface area contributed by atoms with Crippen LogP contribution in [0.2, 0.25) is 0 Å². The van der Waals surface area contributed by atoms with Gasteiger partial charge in [-0.3, -0.25) is 5.43 Å². The van der Waals surface area contributed by atoms with Gasteiger partial charge in [-0.1, -0.05) is 12.1 Å². The van der Waals surface area contributed by atoms with Crippen molar-refractivity contribution in [2.24, 2.45) is 5.10 Å². The van der Waals surface area contributed by atoms with E-state index < -0.39 is 0 Å². The molecule has 0 fully saturated rings. The molecule has 0 atom stereocenters. The second-order valence-electron chi connectivity index (χ2n) is 3.56. The van der Waals surface area contributed by atoms with Crippen LogP contribution in [0.4, 0.5) is 10.9 Å². The van der Waals surface area contributed by atoms with E-state index in [0.29, 0.717) is 16.7 Å². The van der Waals surface area contributed by atoms with Crippen molar-refractivity contribution in [3.05, 3.63) is 35.2 Å². The third-order valence-electron chi connectivity index (χ3n) is 2.15. The van der Waals surface area contributed by atoms with Crippen LogP contribution in [0, 0.1) is 0 Å². The predicted octanol–water partition coefficient (Wildman–Crippen LogP) is 1.54. The Morgan fingerprint density at radius 1 is 1.47 bits per heavy atom. The lowest BCUT2D eigenvalue weighted by molar-refractivity contribution is 0.201. The summed E-state index contributed by atoms with van der Waals surface area (Å²) in [5, 5.41) is 15.2. The van der Waals surface area contributed by atoms with Gasteiger partial charge in [0.2, 0.25) is 5.13 Å². The van der Waals surface area contributed by atoms with Gasteiger partial charge in [-0.15, -0.1) is 11.3 Å². The quantitative estimate of drug-likeness (QED) is 0.550. The number of nitrogens with one attached hydrogen (secondary N) is 1. The maximum absolute atomic E-state index is 8.76. The number of para-hydroxylation sites is 1. The Bertz CT molecular complexity index is 556. The number of ether oxygens (including phenoxy) is 1. The van der Waals surface area contributed by atoms with Crippen LogP contribution in [0.1, 0.15) is 5.56 Å². The average molecular weight is 278 g/mol. The third-order valence-corrected chi connectivity index (χ3v) is 2.92. The summed E-state index contributed by atoms with van der Waals surface area (Å²) in [5.74, 6) is 1.13. The second kappa shape index (κ2) is 6.72. The molecule has 1 aromatic heterocycles. The van der Waals surface area contributed by atoms with E-state index >= 15 is 0 Å². The van der Waals surface area contributed by atoms with Gasteiger partial charge in [-0.05, 0) is 12.1 Å². The molecule has 0 bridgehead atoms. The summed E-state index contributed by atoms with van der Waals surface area (Å²) in [6, 6.07) is 7.43. The molecule has 0 aliphatic heterocycles. The first-order valence-corrected chi connectivity index (χ1v) is 6.50. The number of hydrazone groups is 1. The Hall–Kier alpha value is -2.12. The van der Waals surface area contributed by atoms with Crippen LogP contribution in [-0.4, -0.2) is 29.5 Å². The first-order chi connectivity index (χ1) is 9.29. The summed E-state index contributed by atoms with van der Waals surface area (Å²) < 4.78 is 5.39. The third kappa shape index (κ3) is 3.94. The van der Waals surface area contributed by atoms with Crippen molar-refractivity contribution in [2.45, 2.75) is 0 Å². The van der Waals surface area contributed by atoms with E-state index in [1.807, 2.05) is 24.3 Å². The number of rotatable bonds is 6. The van der Waals surface area contributed by atoms with Crippen molar-refractivity contribution in [2.75, 3.05) is 24.4 Å². The lowest BCUT2D eigenvalue weighted by atomic mass is 10.2. The van der Waals surface area contributed by atoms with Gasteiger partial charge in [0.25, 0.3) is 0 Å². The zero-order valence-electron chi connectivity index (χ0n) is 10.1. The molecule has 7 heteroatoms. The molecule has 0 amide bonds. The summed E-state index contributed by atoms with van der Waals surface area (Å²) in [4.78, 5) is 4.02. The Kier molecular flexibility index (Phi) is 4.71. The molecule has 6 nitrogen and oxygen atoms in total. The first kappa shape index (κ1) is 13.3. The summed E-state index contributed by atoms with van der Waals surface area (Å²) in [7, 11) is 0. The zero-order valence-corrected chi connectivity index (χ0v) is 10.9. The largest absolute Gasteiger partial charge is 0.491 e. The van der Waals surface area contributed by atoms with Gasteiger partial charge in [0, 0.05) is 10.9 Å². The number of aliphatic hydroxyl groups excluding tert-OH is 1. The highest BCUT2D eigenvalue weighted by molar-refractivity contribution is 7.14. The first-order valence-electron chi connectivity index (χ1n) is 5.62. The van der Waals surface area contributed by atoms with E-state index in [-0.39, 0.29) is 13.2 Å². The molecule has 4 N–H and O–H groups in total. The van der Waals surface area contributed by atoms with Crippen LogP contribution in [0.15, 0.2) is 34.7 Å². The maximum Gasteiger partial charge on any atom is 0.205 e. The lowest BCUT2D eigenvalue weighted by Crippen LogP contribution is -2.03. The molecule has 19 heavy (non-hydrogen) atoms. The number of aromatic nitrogens is 1. The van der Waals surface area contributed by atoms with Gasteiger partial charge in [-0.2, -0.15) is 5.10 Å². The molecule has 0 unspecified atom stereocenters. The Morgan fingerprint density at radius 3 is 3.05 bits per heavy atom. The van der Waals surface area contributed by atoms with Gasteiger partial charge in [0.05, 0.1) is 12.8 Å². The number of aliphatic hydroxyl groups is 1. The fourth-order valence-corrected chi connectivity index (χ4v) is 1.92. The van der Waals surface area contributed by atoms with Crippen LogP contribution < -0.4 is 15.9 Å². The summed E-state index contributed by atoms with van der Waals surface area (Å²) >= 11 is 1.38. The molecule has 2 aromatic rings. The highest BCUT2D eigenvalue weighted by Crippen LogP contribution is 2.17. The normalized spacial score (nSPS) is 10.8. The van der Waals surface area contributed by atoms with Crippen molar-refractivity contribution in [3.8, 4) is 5.75 Å². The monoisotopic (exact) mass is 278 g/mol. The van der Waals surface area contributed by atoms with Gasteiger partial charge in [0.15, 0.2) is 0 Å². The van der Waals surface area contributed by atoms with E-state index in [9.17, 15) is 0 Å². The number of benzene rings is 1. The molecule has 0 saturated carbocycles. The van der Waals surface area contributed by atoms with Crippen molar-refractivity contribution in [1.82, 2.24) is 4.98 Å². The molecule has 1 heterocycles. The van der Waals surface area contributed by atoms with E-state index in [1.165, 1.54) is 11.3 Å². The van der Waals surface area contributed by atoms with Crippen LogP contribution >= 0.6 is 11.3 Å². The molecule has 0 aliphatic rings. The predicted molar refractivity (Wildman–Crippen MR) is 76.8 cm³/mol. The van der Waals surface area contributed by atoms with E-state index in [0.717, 1.165) is 5.56 Å². The SMILES string of the molecule is Nc1csc(NN=Cc2ccccc2OCCO)n1. The van der Waals surface area contributed by atoms with Crippen LogP contribution in [-0.2, 0) is 0 Å². The molecular weight excluding hydrogens is 264 g/mol. The summed E-state index contributed by atoms with van der Waals surface area (Å²) in [5.41, 5.74) is 9.11. The van der Waals surface area contributed by atoms with Crippen LogP contribution in [0.3, 0.4) is 0 Å². The van der Waals surface area contributed by atoms with Gasteiger partial charge >= 0.3 is 0 Å². The van der Waals surface area contributed by atoms with Gasteiger partial charge < -0.3 is 15.6 Å². The number of anilines is 2. The number of nitrogen functional groups attached to an aromatic ring is 1. The minimum atomic E-state index is -0.0257. The average Bonchev–Trinajstić information content (AvgIpc) is 2.83. The minimum Gasteiger partial charge on any atom is -0.491 e. The summed E-state index contributed by atoms with van der Waals surface area (Å²) in [6.45, 7) is 0.226. The smallest absolute Gasteiger partial charge is 0.205 e. The minimum absolute atomic E-state index is 0.0257. The van der Waals surface area contributed by atoms with Crippen molar-refractivity contribution in [3.63, 3.8) is 0 Å². The Morgan fingerprint density at radius 2 is 2.32 bits per heavy atom. The maximum atomic E-state index is 8.76. The number of nitrogens with zero attached hydrogens (tertiary/aromatic N) is 2. The second-order valence-corrected chi connectivity index (χ2v) is 4.42.